The van der Waals surface area contributed by atoms with Crippen molar-refractivity contribution in [2.75, 3.05) is 18.5 Å². The fraction of sp³-hybridized carbons (Fsp3) is 0.278. The summed E-state index contributed by atoms with van der Waals surface area (Å²) in [5.74, 6) is 0.0121. The third-order valence-electron chi connectivity index (χ3n) is 4.25. The zero-order valence-corrected chi connectivity index (χ0v) is 15.5. The number of anilines is 1. The van der Waals surface area contributed by atoms with Gasteiger partial charge in [0.05, 0.1) is 24.5 Å². The Morgan fingerprint density at radius 2 is 2.04 bits per heavy atom. The van der Waals surface area contributed by atoms with E-state index in [1.807, 2.05) is 0 Å². The number of tetrazole rings is 1. The summed E-state index contributed by atoms with van der Waals surface area (Å²) < 4.78 is 12.6. The Balaban J connectivity index is 1.41. The second-order valence-corrected chi connectivity index (χ2v) is 6.60. The standard InChI is InChI=1S/C18H17ClN6O3/c19-16-9-12(10-20-18(16)28-15-5-7-27-8-6-15)17(26)22-13-1-3-14(4-2-13)25-11-21-23-24-25/h1-4,9-11,15H,5-8H2,(H,22,26). The number of nitrogens with one attached hydrogen (secondary N) is 1. The van der Waals surface area contributed by atoms with E-state index in [4.69, 9.17) is 21.1 Å². The van der Waals surface area contributed by atoms with Gasteiger partial charge < -0.3 is 14.8 Å². The van der Waals surface area contributed by atoms with E-state index in [0.29, 0.717) is 35.4 Å². The van der Waals surface area contributed by atoms with Gasteiger partial charge in [0.2, 0.25) is 5.88 Å². The maximum Gasteiger partial charge on any atom is 0.257 e. The molecule has 3 heterocycles. The molecule has 2 aromatic heterocycles. The van der Waals surface area contributed by atoms with Crippen LogP contribution < -0.4 is 10.1 Å². The second-order valence-electron chi connectivity index (χ2n) is 6.20. The average Bonchev–Trinajstić information content (AvgIpc) is 3.26. The zero-order valence-electron chi connectivity index (χ0n) is 14.8. The highest BCUT2D eigenvalue weighted by molar-refractivity contribution is 6.32. The molecule has 0 atom stereocenters. The third-order valence-corrected chi connectivity index (χ3v) is 4.53. The molecule has 1 aromatic carbocycles. The third kappa shape index (κ3) is 4.26. The van der Waals surface area contributed by atoms with Crippen LogP contribution in [0.2, 0.25) is 5.02 Å². The van der Waals surface area contributed by atoms with Crippen molar-refractivity contribution in [2.45, 2.75) is 18.9 Å². The van der Waals surface area contributed by atoms with Crippen molar-refractivity contribution in [3.8, 4) is 11.6 Å². The predicted octanol–water partition coefficient (Wildman–Crippen LogP) is 2.52. The number of benzene rings is 1. The summed E-state index contributed by atoms with van der Waals surface area (Å²) in [6.45, 7) is 1.32. The summed E-state index contributed by atoms with van der Waals surface area (Å²) in [6, 6.07) is 8.65. The molecule has 1 saturated heterocycles. The number of halogens is 1. The number of aromatic nitrogens is 5. The lowest BCUT2D eigenvalue weighted by Crippen LogP contribution is -2.26. The molecule has 1 amide bonds. The first-order valence-corrected chi connectivity index (χ1v) is 9.11. The number of carbonyl (C=O) groups excluding carboxylic acids is 1. The first-order chi connectivity index (χ1) is 13.7. The molecular formula is C18H17ClN6O3. The van der Waals surface area contributed by atoms with Gasteiger partial charge in [-0.2, -0.15) is 0 Å². The van der Waals surface area contributed by atoms with Gasteiger partial charge in [0.15, 0.2) is 0 Å². The van der Waals surface area contributed by atoms with E-state index in [9.17, 15) is 4.79 Å². The highest BCUT2D eigenvalue weighted by Gasteiger charge is 2.18. The predicted molar refractivity (Wildman–Crippen MR) is 101 cm³/mol. The molecule has 1 aliphatic rings. The largest absolute Gasteiger partial charge is 0.473 e. The van der Waals surface area contributed by atoms with Gasteiger partial charge in [-0.15, -0.1) is 5.10 Å². The maximum absolute atomic E-state index is 12.5. The Kier molecular flexibility index (Phi) is 5.45. The lowest BCUT2D eigenvalue weighted by atomic mass is 10.1. The van der Waals surface area contributed by atoms with Crippen LogP contribution in [0, 0.1) is 0 Å². The van der Waals surface area contributed by atoms with Crippen molar-refractivity contribution in [1.29, 1.82) is 0 Å². The molecule has 144 valence electrons. The molecule has 28 heavy (non-hydrogen) atoms. The Morgan fingerprint density at radius 3 is 2.71 bits per heavy atom. The van der Waals surface area contributed by atoms with Gasteiger partial charge in [0, 0.05) is 24.7 Å². The quantitative estimate of drug-likeness (QED) is 0.701. The van der Waals surface area contributed by atoms with Crippen LogP contribution in [0.3, 0.4) is 0 Å². The first-order valence-electron chi connectivity index (χ1n) is 8.74. The number of ether oxygens (including phenoxy) is 2. The molecule has 0 bridgehead atoms. The van der Waals surface area contributed by atoms with Crippen molar-refractivity contribution < 1.29 is 14.3 Å². The molecule has 0 saturated carbocycles. The molecule has 1 aliphatic heterocycles. The Labute approximate surface area is 165 Å². The molecule has 9 nitrogen and oxygen atoms in total. The van der Waals surface area contributed by atoms with E-state index in [1.165, 1.54) is 17.2 Å². The summed E-state index contributed by atoms with van der Waals surface area (Å²) in [5.41, 5.74) is 1.75. The van der Waals surface area contributed by atoms with Gasteiger partial charge in [0.25, 0.3) is 5.91 Å². The zero-order chi connectivity index (χ0) is 19.3. The summed E-state index contributed by atoms with van der Waals surface area (Å²) >= 11 is 6.25. The minimum atomic E-state index is -0.317. The maximum atomic E-state index is 12.5. The Hall–Kier alpha value is -3.04. The van der Waals surface area contributed by atoms with Crippen LogP contribution >= 0.6 is 11.6 Å². The van der Waals surface area contributed by atoms with Crippen LogP contribution in [0.5, 0.6) is 5.88 Å². The molecule has 10 heteroatoms. The monoisotopic (exact) mass is 400 g/mol. The summed E-state index contributed by atoms with van der Waals surface area (Å²) in [5, 5.41) is 14.1. The van der Waals surface area contributed by atoms with Gasteiger partial charge in [-0.25, -0.2) is 9.67 Å². The van der Waals surface area contributed by atoms with E-state index in [-0.39, 0.29) is 12.0 Å². The molecule has 1 N–H and O–H groups in total. The topological polar surface area (TPSA) is 104 Å². The van der Waals surface area contributed by atoms with E-state index in [0.717, 1.165) is 18.5 Å². The van der Waals surface area contributed by atoms with Crippen LogP contribution in [-0.2, 0) is 4.74 Å². The number of hydrogen-bond donors (Lipinski definition) is 1. The summed E-state index contributed by atoms with van der Waals surface area (Å²) in [6.07, 6.45) is 4.55. The van der Waals surface area contributed by atoms with E-state index < -0.39 is 0 Å². The Morgan fingerprint density at radius 1 is 1.25 bits per heavy atom. The Bertz CT molecular complexity index is 942. The molecular weight excluding hydrogens is 384 g/mol. The number of amides is 1. The number of hydrogen-bond acceptors (Lipinski definition) is 7. The molecule has 0 spiro atoms. The highest BCUT2D eigenvalue weighted by Crippen LogP contribution is 2.26. The van der Waals surface area contributed by atoms with Gasteiger partial charge in [0.1, 0.15) is 17.5 Å². The minimum Gasteiger partial charge on any atom is -0.473 e. The van der Waals surface area contributed by atoms with Crippen molar-refractivity contribution in [3.63, 3.8) is 0 Å². The number of nitrogens with zero attached hydrogens (tertiary/aromatic N) is 5. The van der Waals surface area contributed by atoms with Crippen LogP contribution in [0.15, 0.2) is 42.9 Å². The normalized spacial score (nSPS) is 14.6. The SMILES string of the molecule is O=C(Nc1ccc(-n2cnnn2)cc1)c1cnc(OC2CCOCC2)c(Cl)c1. The van der Waals surface area contributed by atoms with Gasteiger partial charge >= 0.3 is 0 Å². The average molecular weight is 401 g/mol. The molecule has 1 fully saturated rings. The lowest BCUT2D eigenvalue weighted by Gasteiger charge is -2.23. The molecule has 0 aliphatic carbocycles. The molecule has 0 radical (unpaired) electrons. The van der Waals surface area contributed by atoms with Crippen LogP contribution in [0.1, 0.15) is 23.2 Å². The second kappa shape index (κ2) is 8.32. The van der Waals surface area contributed by atoms with Crippen LogP contribution in [0.4, 0.5) is 5.69 Å². The van der Waals surface area contributed by atoms with Gasteiger partial charge in [-0.1, -0.05) is 11.6 Å². The fourth-order valence-electron chi connectivity index (χ4n) is 2.77. The number of pyridine rings is 1. The summed E-state index contributed by atoms with van der Waals surface area (Å²) in [4.78, 5) is 16.7. The van der Waals surface area contributed by atoms with Crippen LogP contribution in [-0.4, -0.2) is 50.4 Å². The highest BCUT2D eigenvalue weighted by atomic mass is 35.5. The molecule has 3 aromatic rings. The number of rotatable bonds is 5. The van der Waals surface area contributed by atoms with Crippen molar-refractivity contribution in [2.24, 2.45) is 0 Å². The van der Waals surface area contributed by atoms with Crippen LogP contribution in [0.25, 0.3) is 5.69 Å². The summed E-state index contributed by atoms with van der Waals surface area (Å²) in [7, 11) is 0. The molecule has 4 rings (SSSR count). The lowest BCUT2D eigenvalue weighted by molar-refractivity contribution is 0.0238. The van der Waals surface area contributed by atoms with E-state index >= 15 is 0 Å². The van der Waals surface area contributed by atoms with E-state index in [2.05, 4.69) is 25.8 Å². The van der Waals surface area contributed by atoms with Gasteiger partial charge in [-0.05, 0) is 40.8 Å². The fourth-order valence-corrected chi connectivity index (χ4v) is 2.98. The minimum absolute atomic E-state index is 0.0251. The molecule has 0 unspecified atom stereocenters. The van der Waals surface area contributed by atoms with Crippen molar-refractivity contribution >= 4 is 23.2 Å². The van der Waals surface area contributed by atoms with Gasteiger partial charge in [-0.3, -0.25) is 4.79 Å². The smallest absolute Gasteiger partial charge is 0.257 e. The first kappa shape index (κ1) is 18.3. The van der Waals surface area contributed by atoms with E-state index in [1.54, 1.807) is 30.3 Å². The van der Waals surface area contributed by atoms with Crippen molar-refractivity contribution in [1.82, 2.24) is 25.2 Å². The van der Waals surface area contributed by atoms with Crippen molar-refractivity contribution in [3.05, 3.63) is 53.4 Å². The number of carbonyl (C=O) groups is 1.